The van der Waals surface area contributed by atoms with Crippen LogP contribution in [0.5, 0.6) is 0 Å². The molecular formula is C21H22N6O2. The van der Waals surface area contributed by atoms with Gasteiger partial charge in [-0.2, -0.15) is 0 Å². The van der Waals surface area contributed by atoms with Gasteiger partial charge in [0.15, 0.2) is 0 Å². The highest BCUT2D eigenvalue weighted by atomic mass is 16.6. The first-order valence-corrected chi connectivity index (χ1v) is 10.3. The van der Waals surface area contributed by atoms with E-state index in [1.165, 1.54) is 25.6 Å². The van der Waals surface area contributed by atoms with Crippen LogP contribution in [0.3, 0.4) is 0 Å². The lowest BCUT2D eigenvalue weighted by atomic mass is 9.53. The van der Waals surface area contributed by atoms with Gasteiger partial charge in [0.2, 0.25) is 11.6 Å². The number of para-hydroxylation sites is 2. The van der Waals surface area contributed by atoms with Crippen LogP contribution in [0.1, 0.15) is 38.5 Å². The highest BCUT2D eigenvalue weighted by molar-refractivity contribution is 5.79. The Hall–Kier alpha value is -3.03. The standard InChI is InChI=1S/C21H22N6O2/c28-27(29)18-19(25-21-8-13-5-14(9-21)7-15(6-13)10-21)22-11-23-20(18)26-12-24-16-3-1-2-4-17(16)26/h1-4,11-15H,5-10H2,(H,22,23,25). The molecule has 148 valence electrons. The lowest BCUT2D eigenvalue weighted by molar-refractivity contribution is -0.384. The number of aromatic nitrogens is 4. The van der Waals surface area contributed by atoms with Gasteiger partial charge in [0.1, 0.15) is 12.7 Å². The van der Waals surface area contributed by atoms with Crippen molar-refractivity contribution in [3.8, 4) is 5.82 Å². The fourth-order valence-corrected chi connectivity index (χ4v) is 6.45. The molecule has 4 fully saturated rings. The molecule has 2 heterocycles. The van der Waals surface area contributed by atoms with Crippen molar-refractivity contribution in [1.82, 2.24) is 19.5 Å². The molecule has 0 atom stereocenters. The molecule has 4 bridgehead atoms. The molecule has 0 saturated heterocycles. The predicted octanol–water partition coefficient (Wildman–Crippen LogP) is 4.10. The quantitative estimate of drug-likeness (QED) is 0.532. The number of nitrogens with one attached hydrogen (secondary N) is 1. The van der Waals surface area contributed by atoms with Crippen molar-refractivity contribution in [1.29, 1.82) is 0 Å². The summed E-state index contributed by atoms with van der Waals surface area (Å²) in [7, 11) is 0. The maximum atomic E-state index is 12.1. The summed E-state index contributed by atoms with van der Waals surface area (Å²) >= 11 is 0. The van der Waals surface area contributed by atoms with Crippen LogP contribution in [0.25, 0.3) is 16.9 Å². The highest BCUT2D eigenvalue weighted by Crippen LogP contribution is 2.56. The summed E-state index contributed by atoms with van der Waals surface area (Å²) in [5.41, 5.74) is 1.42. The molecule has 8 nitrogen and oxygen atoms in total. The van der Waals surface area contributed by atoms with Gasteiger partial charge < -0.3 is 5.32 Å². The number of imidazole rings is 1. The minimum Gasteiger partial charge on any atom is -0.359 e. The Morgan fingerprint density at radius 2 is 1.72 bits per heavy atom. The van der Waals surface area contributed by atoms with Gasteiger partial charge in [0.25, 0.3) is 0 Å². The summed E-state index contributed by atoms with van der Waals surface area (Å²) in [5.74, 6) is 2.82. The number of hydrogen-bond acceptors (Lipinski definition) is 6. The minimum atomic E-state index is -0.368. The number of anilines is 1. The fraction of sp³-hybridized carbons (Fsp3) is 0.476. The Labute approximate surface area is 167 Å². The Kier molecular flexibility index (Phi) is 3.48. The molecule has 3 aromatic rings. The normalized spacial score (nSPS) is 30.0. The lowest BCUT2D eigenvalue weighted by Gasteiger charge is -2.57. The van der Waals surface area contributed by atoms with E-state index in [9.17, 15) is 10.1 Å². The van der Waals surface area contributed by atoms with E-state index in [1.54, 1.807) is 10.9 Å². The molecule has 0 unspecified atom stereocenters. The summed E-state index contributed by atoms with van der Waals surface area (Å²) in [6, 6.07) is 7.56. The molecule has 4 saturated carbocycles. The van der Waals surface area contributed by atoms with Crippen LogP contribution in [0.15, 0.2) is 36.9 Å². The van der Waals surface area contributed by atoms with Crippen LogP contribution in [-0.4, -0.2) is 30.0 Å². The van der Waals surface area contributed by atoms with E-state index in [-0.39, 0.29) is 22.0 Å². The maximum Gasteiger partial charge on any atom is 0.354 e. The largest absolute Gasteiger partial charge is 0.359 e. The van der Waals surface area contributed by atoms with Crippen molar-refractivity contribution in [2.75, 3.05) is 5.32 Å². The maximum absolute atomic E-state index is 12.1. The predicted molar refractivity (Wildman–Crippen MR) is 108 cm³/mol. The Morgan fingerprint density at radius 1 is 1.03 bits per heavy atom. The molecular weight excluding hydrogens is 368 g/mol. The summed E-state index contributed by atoms with van der Waals surface area (Å²) < 4.78 is 1.68. The molecule has 8 heteroatoms. The molecule has 7 rings (SSSR count). The third-order valence-corrected chi connectivity index (χ3v) is 7.09. The Bertz CT molecular complexity index is 1090. The van der Waals surface area contributed by atoms with E-state index >= 15 is 0 Å². The zero-order valence-electron chi connectivity index (χ0n) is 16.0. The third kappa shape index (κ3) is 2.62. The van der Waals surface area contributed by atoms with E-state index in [2.05, 4.69) is 20.3 Å². The smallest absolute Gasteiger partial charge is 0.354 e. The van der Waals surface area contributed by atoms with Crippen LogP contribution in [0, 0.1) is 27.9 Å². The molecule has 1 N–H and O–H groups in total. The van der Waals surface area contributed by atoms with Crippen molar-refractivity contribution in [2.24, 2.45) is 17.8 Å². The molecule has 2 aromatic heterocycles. The van der Waals surface area contributed by atoms with Crippen molar-refractivity contribution >= 4 is 22.5 Å². The number of benzene rings is 1. The SMILES string of the molecule is O=[N+]([O-])c1c(NC23CC4CC(CC(C4)C2)C3)ncnc1-n1cnc2ccccc21. The molecule has 4 aliphatic rings. The summed E-state index contributed by atoms with van der Waals surface area (Å²) in [6.45, 7) is 0. The summed E-state index contributed by atoms with van der Waals surface area (Å²) in [6.07, 6.45) is 10.2. The van der Waals surface area contributed by atoms with Gasteiger partial charge in [-0.05, 0) is 68.4 Å². The second-order valence-corrected chi connectivity index (χ2v) is 9.08. The molecule has 0 spiro atoms. The zero-order valence-corrected chi connectivity index (χ0v) is 16.0. The average Bonchev–Trinajstić information content (AvgIpc) is 3.10. The summed E-state index contributed by atoms with van der Waals surface area (Å²) in [4.78, 5) is 24.7. The number of rotatable bonds is 4. The van der Waals surface area contributed by atoms with E-state index < -0.39 is 0 Å². The van der Waals surface area contributed by atoms with Gasteiger partial charge in [-0.1, -0.05) is 12.1 Å². The van der Waals surface area contributed by atoms with Gasteiger partial charge in [0, 0.05) is 5.54 Å². The number of nitrogens with zero attached hydrogens (tertiary/aromatic N) is 5. The minimum absolute atomic E-state index is 0.0673. The Morgan fingerprint density at radius 3 is 2.41 bits per heavy atom. The van der Waals surface area contributed by atoms with Crippen molar-refractivity contribution in [3.63, 3.8) is 0 Å². The molecule has 4 aliphatic carbocycles. The van der Waals surface area contributed by atoms with E-state index in [4.69, 9.17) is 0 Å². The summed E-state index contributed by atoms with van der Waals surface area (Å²) in [5, 5.41) is 15.7. The van der Waals surface area contributed by atoms with E-state index in [0.717, 1.165) is 48.0 Å². The molecule has 0 aliphatic heterocycles. The number of nitro groups is 1. The van der Waals surface area contributed by atoms with Crippen molar-refractivity contribution < 1.29 is 4.92 Å². The first kappa shape index (κ1) is 16.9. The fourth-order valence-electron chi connectivity index (χ4n) is 6.45. The third-order valence-electron chi connectivity index (χ3n) is 7.09. The van der Waals surface area contributed by atoms with Crippen molar-refractivity contribution in [3.05, 3.63) is 47.0 Å². The van der Waals surface area contributed by atoms with Gasteiger partial charge in [-0.25, -0.2) is 15.0 Å². The zero-order chi connectivity index (χ0) is 19.6. The van der Waals surface area contributed by atoms with Crippen LogP contribution < -0.4 is 5.32 Å². The monoisotopic (exact) mass is 390 g/mol. The number of fused-ring (bicyclic) bond motifs is 1. The van der Waals surface area contributed by atoms with Crippen LogP contribution in [0.4, 0.5) is 11.5 Å². The van der Waals surface area contributed by atoms with Gasteiger partial charge in [-0.3, -0.25) is 14.7 Å². The Balaban J connectivity index is 1.45. The van der Waals surface area contributed by atoms with E-state index in [0.29, 0.717) is 5.82 Å². The van der Waals surface area contributed by atoms with Crippen molar-refractivity contribution in [2.45, 2.75) is 44.1 Å². The highest BCUT2D eigenvalue weighted by Gasteiger charge is 2.51. The van der Waals surface area contributed by atoms with Crippen LogP contribution in [0.2, 0.25) is 0 Å². The first-order chi connectivity index (χ1) is 14.1. The molecule has 0 radical (unpaired) electrons. The van der Waals surface area contributed by atoms with Crippen LogP contribution in [-0.2, 0) is 0 Å². The average molecular weight is 390 g/mol. The molecule has 0 amide bonds. The molecule has 29 heavy (non-hydrogen) atoms. The topological polar surface area (TPSA) is 98.8 Å². The number of hydrogen-bond donors (Lipinski definition) is 1. The van der Waals surface area contributed by atoms with Crippen LogP contribution >= 0.6 is 0 Å². The first-order valence-electron chi connectivity index (χ1n) is 10.3. The lowest BCUT2D eigenvalue weighted by Crippen LogP contribution is -2.55. The molecule has 1 aromatic carbocycles. The second-order valence-electron chi connectivity index (χ2n) is 9.08. The van der Waals surface area contributed by atoms with Gasteiger partial charge >= 0.3 is 5.69 Å². The van der Waals surface area contributed by atoms with E-state index in [1.807, 2.05) is 24.3 Å². The second kappa shape index (κ2) is 5.98. The van der Waals surface area contributed by atoms with Gasteiger partial charge in [-0.15, -0.1) is 0 Å². The van der Waals surface area contributed by atoms with Gasteiger partial charge in [0.05, 0.1) is 16.0 Å².